The van der Waals surface area contributed by atoms with Gasteiger partial charge in [0, 0.05) is 14.5 Å². The average Bonchev–Trinajstić information content (AvgIpc) is 2.40. The van der Waals surface area contributed by atoms with E-state index in [1.807, 2.05) is 24.3 Å². The lowest BCUT2D eigenvalue weighted by molar-refractivity contribution is 0.0818. The molecule has 0 aliphatic carbocycles. The molecule has 2 rings (SSSR count). The average molecular weight is 399 g/mol. The maximum Gasteiger partial charge on any atom is 0.204 e. The van der Waals surface area contributed by atoms with E-state index in [9.17, 15) is 4.79 Å². The Morgan fingerprint density at radius 1 is 1.20 bits per heavy atom. The maximum atomic E-state index is 12.4. The number of para-hydroxylation sites is 2. The Balaban J connectivity index is 2.19. The number of Topliss-reactive ketones (excluding diaryl/α,β-unsaturated/α-hetero) is 1. The molecule has 2 N–H and O–H groups in total. The number of rotatable bonds is 4. The molecule has 104 valence electrons. The summed E-state index contributed by atoms with van der Waals surface area (Å²) in [5.41, 5.74) is 6.90. The molecule has 0 saturated heterocycles. The summed E-state index contributed by atoms with van der Waals surface area (Å²) in [5.74, 6) is 0.411. The Bertz CT molecular complexity index is 644. The van der Waals surface area contributed by atoms with Gasteiger partial charge < -0.3 is 10.5 Å². The van der Waals surface area contributed by atoms with E-state index in [1.54, 1.807) is 25.1 Å². The van der Waals surface area contributed by atoms with Crippen LogP contribution in [0.3, 0.4) is 0 Å². The molecule has 2 aromatic carbocycles. The van der Waals surface area contributed by atoms with Crippen LogP contribution in [-0.2, 0) is 0 Å². The van der Waals surface area contributed by atoms with Crippen molar-refractivity contribution in [3.8, 4) is 5.75 Å². The predicted molar refractivity (Wildman–Crippen MR) is 87.1 cm³/mol. The minimum absolute atomic E-state index is 0.104. The number of nitrogen functional groups attached to an aromatic ring is 1. The van der Waals surface area contributed by atoms with Gasteiger partial charge in [-0.3, -0.25) is 4.79 Å². The van der Waals surface area contributed by atoms with Crippen LogP contribution >= 0.6 is 31.9 Å². The van der Waals surface area contributed by atoms with Crippen LogP contribution in [0.4, 0.5) is 5.69 Å². The van der Waals surface area contributed by atoms with Crippen LogP contribution in [0.5, 0.6) is 5.75 Å². The molecule has 1 unspecified atom stereocenters. The highest BCUT2D eigenvalue weighted by Crippen LogP contribution is 2.26. The molecule has 20 heavy (non-hydrogen) atoms. The van der Waals surface area contributed by atoms with Crippen molar-refractivity contribution >= 4 is 43.3 Å². The fourth-order valence-electron chi connectivity index (χ4n) is 1.74. The predicted octanol–water partition coefficient (Wildman–Crippen LogP) is 4.44. The molecular weight excluding hydrogens is 386 g/mol. The van der Waals surface area contributed by atoms with Crippen LogP contribution in [-0.4, -0.2) is 11.9 Å². The van der Waals surface area contributed by atoms with E-state index in [-0.39, 0.29) is 5.78 Å². The Hall–Kier alpha value is -1.33. The van der Waals surface area contributed by atoms with Crippen molar-refractivity contribution in [1.82, 2.24) is 0 Å². The largest absolute Gasteiger partial charge is 0.480 e. The number of nitrogens with two attached hydrogens (primary N) is 1. The zero-order chi connectivity index (χ0) is 14.7. The van der Waals surface area contributed by atoms with E-state index in [4.69, 9.17) is 10.5 Å². The summed E-state index contributed by atoms with van der Waals surface area (Å²) in [7, 11) is 0. The van der Waals surface area contributed by atoms with Crippen molar-refractivity contribution in [2.45, 2.75) is 13.0 Å². The third-order valence-electron chi connectivity index (χ3n) is 2.79. The lowest BCUT2D eigenvalue weighted by Gasteiger charge is -2.16. The summed E-state index contributed by atoms with van der Waals surface area (Å²) in [5, 5.41) is 0. The van der Waals surface area contributed by atoms with E-state index in [2.05, 4.69) is 31.9 Å². The highest BCUT2D eigenvalue weighted by atomic mass is 79.9. The third kappa shape index (κ3) is 3.41. The normalized spacial score (nSPS) is 11.9. The lowest BCUT2D eigenvalue weighted by atomic mass is 10.1. The molecule has 0 saturated carbocycles. The fourth-order valence-corrected chi connectivity index (χ4v) is 2.98. The summed E-state index contributed by atoms with van der Waals surface area (Å²) >= 11 is 6.74. The first-order valence-corrected chi connectivity index (χ1v) is 7.58. The van der Waals surface area contributed by atoms with Gasteiger partial charge in [-0.1, -0.05) is 44.0 Å². The van der Waals surface area contributed by atoms with Crippen LogP contribution in [0, 0.1) is 0 Å². The summed E-state index contributed by atoms with van der Waals surface area (Å²) in [4.78, 5) is 12.4. The van der Waals surface area contributed by atoms with E-state index in [0.29, 0.717) is 17.0 Å². The van der Waals surface area contributed by atoms with Gasteiger partial charge >= 0.3 is 0 Å². The number of hydrogen-bond donors (Lipinski definition) is 1. The van der Waals surface area contributed by atoms with E-state index in [0.717, 1.165) is 8.95 Å². The maximum absolute atomic E-state index is 12.4. The van der Waals surface area contributed by atoms with Crippen molar-refractivity contribution in [3.05, 3.63) is 57.0 Å². The molecule has 0 aromatic heterocycles. The smallest absolute Gasteiger partial charge is 0.204 e. The molecular formula is C15H13Br2NO2. The highest BCUT2D eigenvalue weighted by Gasteiger charge is 2.20. The van der Waals surface area contributed by atoms with Gasteiger partial charge in [0.05, 0.1) is 5.69 Å². The van der Waals surface area contributed by atoms with Gasteiger partial charge in [0.25, 0.3) is 0 Å². The number of ketones is 1. The zero-order valence-corrected chi connectivity index (χ0v) is 13.9. The number of anilines is 1. The van der Waals surface area contributed by atoms with Gasteiger partial charge in [0.15, 0.2) is 6.10 Å². The van der Waals surface area contributed by atoms with Crippen molar-refractivity contribution in [1.29, 1.82) is 0 Å². The van der Waals surface area contributed by atoms with Crippen molar-refractivity contribution < 1.29 is 9.53 Å². The number of hydrogen-bond acceptors (Lipinski definition) is 3. The first kappa shape index (κ1) is 15.1. The molecule has 0 aliphatic heterocycles. The van der Waals surface area contributed by atoms with Crippen LogP contribution in [0.2, 0.25) is 0 Å². The molecule has 0 heterocycles. The SMILES string of the molecule is CC(Oc1ccccc1N)C(=O)c1ccc(Br)cc1Br. The number of halogens is 2. The molecule has 0 fully saturated rings. The van der Waals surface area contributed by atoms with Crippen molar-refractivity contribution in [2.75, 3.05) is 5.73 Å². The molecule has 0 radical (unpaired) electrons. The van der Waals surface area contributed by atoms with Crippen LogP contribution < -0.4 is 10.5 Å². The van der Waals surface area contributed by atoms with E-state index >= 15 is 0 Å². The summed E-state index contributed by atoms with van der Waals surface area (Å²) in [6.07, 6.45) is -0.614. The summed E-state index contributed by atoms with van der Waals surface area (Å²) < 4.78 is 7.27. The minimum atomic E-state index is -0.614. The minimum Gasteiger partial charge on any atom is -0.480 e. The molecule has 5 heteroatoms. The molecule has 0 spiro atoms. The number of carbonyl (C=O) groups excluding carboxylic acids is 1. The second-order valence-corrected chi connectivity index (χ2v) is 6.06. The van der Waals surface area contributed by atoms with Crippen LogP contribution in [0.1, 0.15) is 17.3 Å². The molecule has 2 aromatic rings. The Morgan fingerprint density at radius 2 is 1.90 bits per heavy atom. The summed E-state index contributed by atoms with van der Waals surface area (Å²) in [6.45, 7) is 1.71. The third-order valence-corrected chi connectivity index (χ3v) is 3.94. The van der Waals surface area contributed by atoms with Crippen molar-refractivity contribution in [2.24, 2.45) is 0 Å². The van der Waals surface area contributed by atoms with Gasteiger partial charge in [0.1, 0.15) is 5.75 Å². The Morgan fingerprint density at radius 3 is 2.55 bits per heavy atom. The number of benzene rings is 2. The van der Waals surface area contributed by atoms with Crippen LogP contribution in [0.25, 0.3) is 0 Å². The van der Waals surface area contributed by atoms with Gasteiger partial charge in [0.2, 0.25) is 5.78 Å². The fraction of sp³-hybridized carbons (Fsp3) is 0.133. The van der Waals surface area contributed by atoms with Crippen LogP contribution in [0.15, 0.2) is 51.4 Å². The molecule has 0 aliphatic rings. The standard InChI is InChI=1S/C15H13Br2NO2/c1-9(20-14-5-3-2-4-13(14)18)15(19)11-7-6-10(16)8-12(11)17/h2-9H,18H2,1H3. The quantitative estimate of drug-likeness (QED) is 0.611. The number of carbonyl (C=O) groups is 1. The Labute approximate surface area is 134 Å². The molecule has 0 bridgehead atoms. The van der Waals surface area contributed by atoms with Gasteiger partial charge in [-0.05, 0) is 37.3 Å². The molecule has 0 amide bonds. The monoisotopic (exact) mass is 397 g/mol. The van der Waals surface area contributed by atoms with Gasteiger partial charge in [-0.15, -0.1) is 0 Å². The highest BCUT2D eigenvalue weighted by molar-refractivity contribution is 9.11. The molecule has 3 nitrogen and oxygen atoms in total. The molecule has 1 atom stereocenters. The van der Waals surface area contributed by atoms with Gasteiger partial charge in [-0.2, -0.15) is 0 Å². The lowest BCUT2D eigenvalue weighted by Crippen LogP contribution is -2.24. The zero-order valence-electron chi connectivity index (χ0n) is 10.8. The first-order chi connectivity index (χ1) is 9.49. The van der Waals surface area contributed by atoms with E-state index in [1.165, 1.54) is 0 Å². The topological polar surface area (TPSA) is 52.3 Å². The van der Waals surface area contributed by atoms with Crippen molar-refractivity contribution in [3.63, 3.8) is 0 Å². The second kappa shape index (κ2) is 6.41. The number of ether oxygens (including phenoxy) is 1. The first-order valence-electron chi connectivity index (χ1n) is 5.99. The summed E-state index contributed by atoms with van der Waals surface area (Å²) in [6, 6.07) is 12.5. The second-order valence-electron chi connectivity index (χ2n) is 4.29. The van der Waals surface area contributed by atoms with E-state index < -0.39 is 6.10 Å². The van der Waals surface area contributed by atoms with Gasteiger partial charge in [-0.25, -0.2) is 0 Å². The Kier molecular flexibility index (Phi) is 4.83.